The van der Waals surface area contributed by atoms with Crippen LogP contribution in [0.1, 0.15) is 12.5 Å². The zero-order chi connectivity index (χ0) is 18.1. The Morgan fingerprint density at radius 3 is 2.46 bits per heavy atom. The Labute approximate surface area is 161 Å². The van der Waals surface area contributed by atoms with E-state index in [4.69, 9.17) is 4.74 Å². The fraction of sp³-hybridized carbons (Fsp3) is 0.136. The standard InChI is InChI=1S/C22H18BrNO2/c1-15-22(25)24(14-18-9-5-6-10-19(18)23)20-13-17(11-12-21(20)26-15)16-7-3-2-4-8-16/h2-13,15H,14H2,1H3. The molecule has 0 aromatic heterocycles. The van der Waals surface area contributed by atoms with Crippen molar-refractivity contribution in [3.63, 3.8) is 0 Å². The van der Waals surface area contributed by atoms with Gasteiger partial charge in [-0.2, -0.15) is 0 Å². The van der Waals surface area contributed by atoms with E-state index < -0.39 is 6.10 Å². The van der Waals surface area contributed by atoms with Crippen molar-refractivity contribution < 1.29 is 9.53 Å². The molecule has 0 saturated carbocycles. The second-order valence-electron chi connectivity index (χ2n) is 6.32. The zero-order valence-electron chi connectivity index (χ0n) is 14.4. The smallest absolute Gasteiger partial charge is 0.268 e. The normalized spacial score (nSPS) is 16.2. The SMILES string of the molecule is CC1Oc2ccc(-c3ccccc3)cc2N(Cc2ccccc2Br)C1=O. The van der Waals surface area contributed by atoms with Crippen LogP contribution in [0.15, 0.2) is 77.3 Å². The summed E-state index contributed by atoms with van der Waals surface area (Å²) in [4.78, 5) is 14.7. The summed E-state index contributed by atoms with van der Waals surface area (Å²) in [7, 11) is 0. The van der Waals surface area contributed by atoms with Crippen LogP contribution in [0.3, 0.4) is 0 Å². The van der Waals surface area contributed by atoms with E-state index in [0.717, 1.165) is 32.6 Å². The van der Waals surface area contributed by atoms with E-state index in [2.05, 4.69) is 28.1 Å². The summed E-state index contributed by atoms with van der Waals surface area (Å²) in [6.07, 6.45) is -0.493. The van der Waals surface area contributed by atoms with E-state index in [1.807, 2.05) is 65.6 Å². The lowest BCUT2D eigenvalue weighted by Crippen LogP contribution is -2.44. The Kier molecular flexibility index (Phi) is 4.51. The van der Waals surface area contributed by atoms with Gasteiger partial charge in [-0.05, 0) is 41.8 Å². The van der Waals surface area contributed by atoms with Crippen molar-refractivity contribution in [1.82, 2.24) is 0 Å². The molecule has 0 radical (unpaired) electrons. The van der Waals surface area contributed by atoms with Crippen LogP contribution in [0.2, 0.25) is 0 Å². The first kappa shape index (κ1) is 16.9. The molecule has 1 unspecified atom stereocenters. The van der Waals surface area contributed by atoms with Crippen molar-refractivity contribution in [2.24, 2.45) is 0 Å². The highest BCUT2D eigenvalue weighted by molar-refractivity contribution is 9.10. The fourth-order valence-electron chi connectivity index (χ4n) is 3.18. The maximum absolute atomic E-state index is 12.8. The molecule has 0 aliphatic carbocycles. The average molecular weight is 408 g/mol. The van der Waals surface area contributed by atoms with Crippen LogP contribution in [0.5, 0.6) is 5.75 Å². The molecule has 0 bridgehead atoms. The first-order valence-electron chi connectivity index (χ1n) is 8.54. The van der Waals surface area contributed by atoms with Crippen LogP contribution >= 0.6 is 15.9 Å². The highest BCUT2D eigenvalue weighted by atomic mass is 79.9. The van der Waals surface area contributed by atoms with Gasteiger partial charge in [0.2, 0.25) is 0 Å². The molecule has 1 aliphatic heterocycles. The summed E-state index contributed by atoms with van der Waals surface area (Å²) in [5.74, 6) is 0.710. The van der Waals surface area contributed by atoms with Crippen LogP contribution in [0, 0.1) is 0 Å². The lowest BCUT2D eigenvalue weighted by molar-refractivity contribution is -0.125. The van der Waals surface area contributed by atoms with Gasteiger partial charge >= 0.3 is 0 Å². The molecule has 3 aromatic rings. The fourth-order valence-corrected chi connectivity index (χ4v) is 3.59. The van der Waals surface area contributed by atoms with E-state index in [0.29, 0.717) is 6.54 Å². The zero-order valence-corrected chi connectivity index (χ0v) is 15.9. The van der Waals surface area contributed by atoms with Crippen LogP contribution in [0.4, 0.5) is 5.69 Å². The van der Waals surface area contributed by atoms with Gasteiger partial charge in [0.25, 0.3) is 5.91 Å². The van der Waals surface area contributed by atoms with Crippen LogP contribution in [-0.4, -0.2) is 12.0 Å². The Morgan fingerprint density at radius 2 is 1.69 bits per heavy atom. The van der Waals surface area contributed by atoms with Crippen molar-refractivity contribution in [3.8, 4) is 16.9 Å². The third-order valence-electron chi connectivity index (χ3n) is 4.56. The number of hydrogen-bond donors (Lipinski definition) is 0. The van der Waals surface area contributed by atoms with Crippen molar-refractivity contribution in [2.75, 3.05) is 4.90 Å². The molecule has 4 heteroatoms. The summed E-state index contributed by atoms with van der Waals surface area (Å²) in [5, 5.41) is 0. The summed E-state index contributed by atoms with van der Waals surface area (Å²) < 4.78 is 6.82. The molecule has 1 atom stereocenters. The molecule has 1 heterocycles. The Hall–Kier alpha value is -2.59. The van der Waals surface area contributed by atoms with Crippen LogP contribution in [-0.2, 0) is 11.3 Å². The Morgan fingerprint density at radius 1 is 0.962 bits per heavy atom. The van der Waals surface area contributed by atoms with E-state index in [-0.39, 0.29) is 5.91 Å². The minimum atomic E-state index is -0.493. The third-order valence-corrected chi connectivity index (χ3v) is 5.33. The molecule has 3 nitrogen and oxygen atoms in total. The largest absolute Gasteiger partial charge is 0.479 e. The highest BCUT2D eigenvalue weighted by Gasteiger charge is 2.32. The number of rotatable bonds is 3. The Balaban J connectivity index is 1.78. The monoisotopic (exact) mass is 407 g/mol. The molecule has 4 rings (SSSR count). The molecule has 0 spiro atoms. The molecule has 0 saturated heterocycles. The first-order chi connectivity index (χ1) is 12.6. The number of hydrogen-bond acceptors (Lipinski definition) is 2. The lowest BCUT2D eigenvalue weighted by atomic mass is 10.0. The predicted octanol–water partition coefficient (Wildman–Crippen LogP) is 5.43. The summed E-state index contributed by atoms with van der Waals surface area (Å²) >= 11 is 3.58. The number of fused-ring (bicyclic) bond motifs is 1. The van der Waals surface area contributed by atoms with E-state index >= 15 is 0 Å². The van der Waals surface area contributed by atoms with Crippen LogP contribution in [0.25, 0.3) is 11.1 Å². The summed E-state index contributed by atoms with van der Waals surface area (Å²) in [6.45, 7) is 2.29. The second kappa shape index (κ2) is 6.96. The minimum Gasteiger partial charge on any atom is -0.479 e. The number of nitrogens with zero attached hydrogens (tertiary/aromatic N) is 1. The number of benzene rings is 3. The first-order valence-corrected chi connectivity index (χ1v) is 9.34. The second-order valence-corrected chi connectivity index (χ2v) is 7.18. The molecule has 0 fully saturated rings. The number of anilines is 1. The van der Waals surface area contributed by atoms with Gasteiger partial charge in [-0.3, -0.25) is 4.79 Å². The van der Waals surface area contributed by atoms with E-state index in [1.165, 1.54) is 0 Å². The van der Waals surface area contributed by atoms with E-state index in [1.54, 1.807) is 6.92 Å². The quantitative estimate of drug-likeness (QED) is 0.579. The summed E-state index contributed by atoms with van der Waals surface area (Å²) in [6, 6.07) is 24.1. The number of halogens is 1. The van der Waals surface area contributed by atoms with Crippen LogP contribution < -0.4 is 9.64 Å². The molecule has 26 heavy (non-hydrogen) atoms. The molecule has 0 N–H and O–H groups in total. The number of amides is 1. The molecule has 1 amide bonds. The molecule has 130 valence electrons. The lowest BCUT2D eigenvalue weighted by Gasteiger charge is -2.33. The summed E-state index contributed by atoms with van der Waals surface area (Å²) in [5.41, 5.74) is 4.05. The van der Waals surface area contributed by atoms with Gasteiger partial charge in [0, 0.05) is 4.47 Å². The van der Waals surface area contributed by atoms with Crippen molar-refractivity contribution in [3.05, 3.63) is 82.8 Å². The number of carbonyl (C=O) groups is 1. The molecular formula is C22H18BrNO2. The van der Waals surface area contributed by atoms with E-state index in [9.17, 15) is 4.79 Å². The Bertz CT molecular complexity index is 955. The van der Waals surface area contributed by atoms with Crippen molar-refractivity contribution >= 4 is 27.5 Å². The number of ether oxygens (including phenoxy) is 1. The maximum Gasteiger partial charge on any atom is 0.268 e. The van der Waals surface area contributed by atoms with Crippen molar-refractivity contribution in [2.45, 2.75) is 19.6 Å². The minimum absolute atomic E-state index is 0.0292. The molecule has 3 aromatic carbocycles. The van der Waals surface area contributed by atoms with Gasteiger partial charge in [0.05, 0.1) is 12.2 Å². The molecule has 1 aliphatic rings. The predicted molar refractivity (Wildman–Crippen MR) is 107 cm³/mol. The average Bonchev–Trinajstić information content (AvgIpc) is 2.67. The van der Waals surface area contributed by atoms with Gasteiger partial charge in [-0.15, -0.1) is 0 Å². The topological polar surface area (TPSA) is 29.5 Å². The van der Waals surface area contributed by atoms with Gasteiger partial charge in [-0.25, -0.2) is 0 Å². The van der Waals surface area contributed by atoms with Gasteiger partial charge in [0.1, 0.15) is 5.75 Å². The third kappa shape index (κ3) is 3.13. The van der Waals surface area contributed by atoms with Gasteiger partial charge < -0.3 is 9.64 Å². The molecular weight excluding hydrogens is 390 g/mol. The number of carbonyl (C=O) groups excluding carboxylic acids is 1. The van der Waals surface area contributed by atoms with Crippen molar-refractivity contribution in [1.29, 1.82) is 0 Å². The maximum atomic E-state index is 12.8. The van der Waals surface area contributed by atoms with Gasteiger partial charge in [0.15, 0.2) is 6.10 Å². The van der Waals surface area contributed by atoms with Gasteiger partial charge in [-0.1, -0.05) is 70.5 Å². The highest BCUT2D eigenvalue weighted by Crippen LogP contribution is 2.38.